The molecular weight excluding hydrogens is 246 g/mol. The Labute approximate surface area is 121 Å². The molecule has 0 fully saturated rings. The average Bonchev–Trinajstić information content (AvgIpc) is 2.41. The van der Waals surface area contributed by atoms with Crippen molar-refractivity contribution in [2.24, 2.45) is 5.73 Å². The van der Waals surface area contributed by atoms with Crippen LogP contribution in [-0.4, -0.2) is 23.5 Å². The van der Waals surface area contributed by atoms with E-state index in [4.69, 9.17) is 5.73 Å². The van der Waals surface area contributed by atoms with E-state index in [0.29, 0.717) is 6.54 Å². The van der Waals surface area contributed by atoms with Crippen molar-refractivity contribution in [2.75, 3.05) is 13.6 Å². The monoisotopic (exact) mass is 269 g/mol. The number of nitrogens with zero attached hydrogens (tertiary/aromatic N) is 2. The Balaban J connectivity index is 2.18. The third-order valence-corrected chi connectivity index (χ3v) is 3.66. The van der Waals surface area contributed by atoms with Crippen LogP contribution in [-0.2, 0) is 6.54 Å². The summed E-state index contributed by atoms with van der Waals surface area (Å²) < 4.78 is 0. The predicted molar refractivity (Wildman–Crippen MR) is 83.4 cm³/mol. The maximum absolute atomic E-state index is 6.00. The molecule has 0 amide bonds. The molecule has 20 heavy (non-hydrogen) atoms. The van der Waals surface area contributed by atoms with Crippen LogP contribution in [0.3, 0.4) is 0 Å². The van der Waals surface area contributed by atoms with E-state index < -0.39 is 0 Å². The third kappa shape index (κ3) is 3.44. The summed E-state index contributed by atoms with van der Waals surface area (Å²) in [5.74, 6) is 0. The summed E-state index contributed by atoms with van der Waals surface area (Å²) in [4.78, 5) is 6.83. The van der Waals surface area contributed by atoms with Crippen LogP contribution in [0.4, 0.5) is 0 Å². The summed E-state index contributed by atoms with van der Waals surface area (Å²) in [5, 5.41) is 0. The van der Waals surface area contributed by atoms with Crippen LogP contribution in [0.5, 0.6) is 0 Å². The fourth-order valence-electron chi connectivity index (χ4n) is 2.56. The van der Waals surface area contributed by atoms with Crippen LogP contribution in [0, 0.1) is 13.8 Å². The van der Waals surface area contributed by atoms with Gasteiger partial charge in [0.2, 0.25) is 0 Å². The molecule has 0 saturated heterocycles. The summed E-state index contributed by atoms with van der Waals surface area (Å²) in [6.45, 7) is 5.56. The molecule has 0 radical (unpaired) electrons. The van der Waals surface area contributed by atoms with E-state index in [1.807, 2.05) is 13.0 Å². The molecule has 2 aromatic rings. The zero-order valence-electron chi connectivity index (χ0n) is 12.5. The number of aryl methyl sites for hydroxylation is 2. The number of hydrogen-bond donors (Lipinski definition) is 1. The Morgan fingerprint density at radius 2 is 1.85 bits per heavy atom. The van der Waals surface area contributed by atoms with E-state index in [0.717, 1.165) is 17.9 Å². The lowest BCUT2D eigenvalue weighted by Crippen LogP contribution is -2.31. The molecule has 0 saturated carbocycles. The van der Waals surface area contributed by atoms with Crippen molar-refractivity contribution in [1.82, 2.24) is 9.88 Å². The van der Waals surface area contributed by atoms with E-state index in [1.165, 1.54) is 11.1 Å². The number of aromatic nitrogens is 1. The standard InChI is InChI=1S/C17H23N3/c1-13-7-4-5-10-16(13)17(11-18)20(3)12-15-9-6-8-14(2)19-15/h4-10,17H,11-12,18H2,1-3H3. The summed E-state index contributed by atoms with van der Waals surface area (Å²) >= 11 is 0. The van der Waals surface area contributed by atoms with Crippen molar-refractivity contribution < 1.29 is 0 Å². The van der Waals surface area contributed by atoms with Gasteiger partial charge in [-0.2, -0.15) is 0 Å². The molecule has 1 atom stereocenters. The molecule has 1 unspecified atom stereocenters. The van der Waals surface area contributed by atoms with E-state index in [-0.39, 0.29) is 6.04 Å². The van der Waals surface area contributed by atoms with Crippen LogP contribution < -0.4 is 5.73 Å². The second-order valence-corrected chi connectivity index (χ2v) is 5.29. The van der Waals surface area contributed by atoms with E-state index in [1.54, 1.807) is 0 Å². The summed E-state index contributed by atoms with van der Waals surface area (Å²) in [7, 11) is 2.11. The second kappa shape index (κ2) is 6.64. The molecule has 0 spiro atoms. The largest absolute Gasteiger partial charge is 0.329 e. The highest BCUT2D eigenvalue weighted by atomic mass is 15.1. The molecular formula is C17H23N3. The Morgan fingerprint density at radius 3 is 2.50 bits per heavy atom. The molecule has 0 aliphatic rings. The van der Waals surface area contributed by atoms with E-state index in [2.05, 4.69) is 60.3 Å². The first-order chi connectivity index (χ1) is 9.61. The average molecular weight is 269 g/mol. The lowest BCUT2D eigenvalue weighted by Gasteiger charge is -2.28. The van der Waals surface area contributed by atoms with Crippen molar-refractivity contribution in [2.45, 2.75) is 26.4 Å². The zero-order chi connectivity index (χ0) is 14.5. The first-order valence-corrected chi connectivity index (χ1v) is 7.00. The fraction of sp³-hybridized carbons (Fsp3) is 0.353. The smallest absolute Gasteiger partial charge is 0.0547 e. The van der Waals surface area contributed by atoms with Gasteiger partial charge in [0.1, 0.15) is 0 Å². The first kappa shape index (κ1) is 14.7. The van der Waals surface area contributed by atoms with Gasteiger partial charge in [0.25, 0.3) is 0 Å². The third-order valence-electron chi connectivity index (χ3n) is 3.66. The minimum atomic E-state index is 0.221. The second-order valence-electron chi connectivity index (χ2n) is 5.29. The number of benzene rings is 1. The maximum atomic E-state index is 6.00. The van der Waals surface area contributed by atoms with Gasteiger partial charge in [0.15, 0.2) is 0 Å². The summed E-state index contributed by atoms with van der Waals surface area (Å²) in [5.41, 5.74) is 10.7. The zero-order valence-corrected chi connectivity index (χ0v) is 12.5. The highest BCUT2D eigenvalue weighted by Gasteiger charge is 2.17. The van der Waals surface area contributed by atoms with Gasteiger partial charge >= 0.3 is 0 Å². The lowest BCUT2D eigenvalue weighted by molar-refractivity contribution is 0.238. The van der Waals surface area contributed by atoms with Gasteiger partial charge in [-0.25, -0.2) is 0 Å². The molecule has 0 aliphatic carbocycles. The topological polar surface area (TPSA) is 42.1 Å². The van der Waals surface area contributed by atoms with Crippen molar-refractivity contribution >= 4 is 0 Å². The number of rotatable bonds is 5. The minimum Gasteiger partial charge on any atom is -0.329 e. The lowest BCUT2D eigenvalue weighted by atomic mass is 10.00. The first-order valence-electron chi connectivity index (χ1n) is 7.00. The molecule has 0 aliphatic heterocycles. The molecule has 1 aromatic heterocycles. The van der Waals surface area contributed by atoms with Gasteiger partial charge in [-0.1, -0.05) is 30.3 Å². The highest BCUT2D eigenvalue weighted by Crippen LogP contribution is 2.22. The van der Waals surface area contributed by atoms with E-state index in [9.17, 15) is 0 Å². The van der Waals surface area contributed by atoms with Crippen molar-refractivity contribution in [3.8, 4) is 0 Å². The molecule has 1 aromatic carbocycles. The van der Waals surface area contributed by atoms with Crippen LogP contribution >= 0.6 is 0 Å². The van der Waals surface area contributed by atoms with Crippen LogP contribution in [0.2, 0.25) is 0 Å². The number of nitrogens with two attached hydrogens (primary N) is 1. The van der Waals surface area contributed by atoms with Gasteiger partial charge in [-0.3, -0.25) is 9.88 Å². The molecule has 2 N–H and O–H groups in total. The Kier molecular flexibility index (Phi) is 4.88. The Bertz CT molecular complexity index is 566. The Hall–Kier alpha value is -1.71. The van der Waals surface area contributed by atoms with Crippen LogP contribution in [0.15, 0.2) is 42.5 Å². The normalized spacial score (nSPS) is 12.7. The number of hydrogen-bond acceptors (Lipinski definition) is 3. The summed E-state index contributed by atoms with van der Waals surface area (Å²) in [6.07, 6.45) is 0. The quantitative estimate of drug-likeness (QED) is 0.907. The SMILES string of the molecule is Cc1cccc(CN(C)C(CN)c2ccccc2C)n1. The molecule has 0 bridgehead atoms. The molecule has 106 valence electrons. The fourth-order valence-corrected chi connectivity index (χ4v) is 2.56. The van der Waals surface area contributed by atoms with Crippen LogP contribution in [0.25, 0.3) is 0 Å². The Morgan fingerprint density at radius 1 is 1.10 bits per heavy atom. The van der Waals surface area contributed by atoms with Crippen molar-refractivity contribution in [1.29, 1.82) is 0 Å². The number of pyridine rings is 1. The van der Waals surface area contributed by atoms with Gasteiger partial charge in [0, 0.05) is 24.8 Å². The maximum Gasteiger partial charge on any atom is 0.0547 e. The van der Waals surface area contributed by atoms with Crippen molar-refractivity contribution in [3.63, 3.8) is 0 Å². The minimum absolute atomic E-state index is 0.221. The predicted octanol–water partition coefficient (Wildman–Crippen LogP) is 2.83. The molecule has 3 heteroatoms. The van der Waals surface area contributed by atoms with Crippen LogP contribution in [0.1, 0.15) is 28.6 Å². The van der Waals surface area contributed by atoms with Crippen molar-refractivity contribution in [3.05, 3.63) is 65.0 Å². The molecule has 3 nitrogen and oxygen atoms in total. The van der Waals surface area contributed by atoms with Gasteiger partial charge in [-0.15, -0.1) is 0 Å². The summed E-state index contributed by atoms with van der Waals surface area (Å²) in [6, 6.07) is 14.8. The van der Waals surface area contributed by atoms with E-state index >= 15 is 0 Å². The van der Waals surface area contributed by atoms with Gasteiger partial charge in [0.05, 0.1) is 5.69 Å². The molecule has 1 heterocycles. The molecule has 2 rings (SSSR count). The number of likely N-dealkylation sites (N-methyl/N-ethyl adjacent to an activating group) is 1. The van der Waals surface area contributed by atoms with Gasteiger partial charge < -0.3 is 5.73 Å². The van der Waals surface area contributed by atoms with Gasteiger partial charge in [-0.05, 0) is 44.2 Å². The highest BCUT2D eigenvalue weighted by molar-refractivity contribution is 5.29.